The largest absolute Gasteiger partial charge is 0.510 e. The predicted molar refractivity (Wildman–Crippen MR) is 39.0 cm³/mol. The van der Waals surface area contributed by atoms with Crippen LogP contribution in [0.3, 0.4) is 0 Å². The average molecular weight is 143 g/mol. The highest BCUT2D eigenvalue weighted by molar-refractivity contribution is 4.93. The van der Waals surface area contributed by atoms with Crippen molar-refractivity contribution in [3.63, 3.8) is 0 Å². The summed E-state index contributed by atoms with van der Waals surface area (Å²) in [6, 6.07) is 0. The molecule has 0 aromatic rings. The van der Waals surface area contributed by atoms with E-state index >= 15 is 0 Å². The van der Waals surface area contributed by atoms with E-state index < -0.39 is 0 Å². The van der Waals surface area contributed by atoms with Gasteiger partial charge in [0.2, 0.25) is 0 Å². The molecule has 1 saturated heterocycles. The minimum absolute atomic E-state index is 0.131. The first-order valence-corrected chi connectivity index (χ1v) is 3.38. The van der Waals surface area contributed by atoms with E-state index in [2.05, 4.69) is 11.5 Å². The van der Waals surface area contributed by atoms with E-state index in [9.17, 15) is 0 Å². The maximum absolute atomic E-state index is 8.95. The van der Waals surface area contributed by atoms with Crippen LogP contribution in [-0.2, 0) is 4.74 Å². The van der Waals surface area contributed by atoms with Gasteiger partial charge in [-0.3, -0.25) is 0 Å². The van der Waals surface area contributed by atoms with Crippen LogP contribution in [0.4, 0.5) is 0 Å². The Labute approximate surface area is 60.9 Å². The molecule has 1 aliphatic heterocycles. The third-order valence-electron chi connectivity index (χ3n) is 1.64. The van der Waals surface area contributed by atoms with Crippen molar-refractivity contribution in [3.8, 4) is 0 Å². The Kier molecular flexibility index (Phi) is 2.29. The summed E-state index contributed by atoms with van der Waals surface area (Å²) in [5, 5.41) is 8.95. The molecule has 0 bridgehead atoms. The number of aliphatic hydroxyl groups excluding tert-OH is 1. The van der Waals surface area contributed by atoms with Gasteiger partial charge < -0.3 is 14.7 Å². The molecule has 1 N–H and O–H groups in total. The summed E-state index contributed by atoms with van der Waals surface area (Å²) in [5.41, 5.74) is 0. The number of morpholine rings is 1. The molecule has 0 aromatic carbocycles. The van der Waals surface area contributed by atoms with Crippen LogP contribution < -0.4 is 0 Å². The first kappa shape index (κ1) is 7.57. The first-order chi connectivity index (χ1) is 4.70. The van der Waals surface area contributed by atoms with Gasteiger partial charge in [0.15, 0.2) is 0 Å². The number of hydrogen-bond donors (Lipinski definition) is 1. The monoisotopic (exact) mass is 143 g/mol. The molecule has 1 atom stereocenters. The number of rotatable bonds is 1. The molecule has 0 aliphatic carbocycles. The molecule has 0 aromatic heterocycles. The molecule has 10 heavy (non-hydrogen) atoms. The lowest BCUT2D eigenvalue weighted by Gasteiger charge is -2.29. The van der Waals surface area contributed by atoms with Crippen LogP contribution in [-0.4, -0.2) is 42.9 Å². The zero-order valence-corrected chi connectivity index (χ0v) is 6.21. The smallest absolute Gasteiger partial charge is 0.126 e. The van der Waals surface area contributed by atoms with Gasteiger partial charge in [-0.05, 0) is 7.05 Å². The molecule has 0 saturated carbocycles. The summed E-state index contributed by atoms with van der Waals surface area (Å²) < 4.78 is 5.22. The van der Waals surface area contributed by atoms with Gasteiger partial charge in [-0.25, -0.2) is 0 Å². The van der Waals surface area contributed by atoms with Gasteiger partial charge in [0.05, 0.1) is 6.61 Å². The van der Waals surface area contributed by atoms with Crippen LogP contribution in [0.5, 0.6) is 0 Å². The second kappa shape index (κ2) is 3.03. The number of hydrogen-bond acceptors (Lipinski definition) is 3. The lowest BCUT2D eigenvalue weighted by molar-refractivity contribution is -0.0180. The van der Waals surface area contributed by atoms with Crippen LogP contribution in [0, 0.1) is 0 Å². The SMILES string of the molecule is C=C(O)[C@H]1CN(C)CCO1. The molecule has 58 valence electrons. The van der Waals surface area contributed by atoms with Crippen LogP contribution >= 0.6 is 0 Å². The molecular weight excluding hydrogens is 130 g/mol. The fourth-order valence-electron chi connectivity index (χ4n) is 0.979. The fraction of sp³-hybridized carbons (Fsp3) is 0.714. The Bertz CT molecular complexity index is 136. The number of ether oxygens (including phenoxy) is 1. The fourth-order valence-corrected chi connectivity index (χ4v) is 0.979. The van der Waals surface area contributed by atoms with Crippen molar-refractivity contribution in [3.05, 3.63) is 12.3 Å². The zero-order chi connectivity index (χ0) is 7.56. The van der Waals surface area contributed by atoms with Crippen LogP contribution in [0.15, 0.2) is 12.3 Å². The van der Waals surface area contributed by atoms with Crippen molar-refractivity contribution in [1.29, 1.82) is 0 Å². The van der Waals surface area contributed by atoms with E-state index in [4.69, 9.17) is 9.84 Å². The summed E-state index contributed by atoms with van der Waals surface area (Å²) in [6.45, 7) is 5.78. The Morgan fingerprint density at radius 3 is 2.90 bits per heavy atom. The van der Waals surface area contributed by atoms with Gasteiger partial charge in [-0.1, -0.05) is 6.58 Å². The van der Waals surface area contributed by atoms with E-state index in [1.807, 2.05) is 7.05 Å². The Morgan fingerprint density at radius 1 is 1.80 bits per heavy atom. The van der Waals surface area contributed by atoms with Crippen molar-refractivity contribution >= 4 is 0 Å². The molecule has 0 spiro atoms. The molecule has 1 aliphatic rings. The molecule has 3 heteroatoms. The summed E-state index contributed by atoms with van der Waals surface area (Å²) in [5.74, 6) is 0.131. The minimum atomic E-state index is -0.182. The topological polar surface area (TPSA) is 32.7 Å². The highest BCUT2D eigenvalue weighted by Gasteiger charge is 2.19. The van der Waals surface area contributed by atoms with E-state index in [1.54, 1.807) is 0 Å². The molecule has 0 radical (unpaired) electrons. The number of nitrogens with zero attached hydrogens (tertiary/aromatic N) is 1. The second-order valence-electron chi connectivity index (χ2n) is 2.61. The van der Waals surface area contributed by atoms with Crippen molar-refractivity contribution in [1.82, 2.24) is 4.90 Å². The molecule has 1 heterocycles. The van der Waals surface area contributed by atoms with E-state index in [0.29, 0.717) is 6.61 Å². The highest BCUT2D eigenvalue weighted by atomic mass is 16.5. The van der Waals surface area contributed by atoms with Crippen molar-refractivity contribution in [2.24, 2.45) is 0 Å². The molecule has 1 fully saturated rings. The third-order valence-corrected chi connectivity index (χ3v) is 1.64. The maximum Gasteiger partial charge on any atom is 0.126 e. The summed E-state index contributed by atoms with van der Waals surface area (Å²) in [6.07, 6.45) is -0.182. The quantitative estimate of drug-likeness (QED) is 0.539. The van der Waals surface area contributed by atoms with Crippen molar-refractivity contribution in [2.45, 2.75) is 6.10 Å². The summed E-state index contributed by atoms with van der Waals surface area (Å²) >= 11 is 0. The average Bonchev–Trinajstić information content (AvgIpc) is 1.88. The zero-order valence-electron chi connectivity index (χ0n) is 6.21. The standard InChI is InChI=1S/C7H13NO2/c1-6(9)7-5-8(2)3-4-10-7/h7,9H,1,3-5H2,2H3/t7-/m1/s1. The van der Waals surface area contributed by atoms with E-state index in [0.717, 1.165) is 13.1 Å². The molecular formula is C7H13NO2. The Hall–Kier alpha value is -0.540. The predicted octanol–water partition coefficient (Wildman–Crippen LogP) is 0.389. The van der Waals surface area contributed by atoms with E-state index in [1.165, 1.54) is 0 Å². The summed E-state index contributed by atoms with van der Waals surface area (Å²) in [7, 11) is 2.00. The van der Waals surface area contributed by atoms with Crippen molar-refractivity contribution < 1.29 is 9.84 Å². The molecule has 0 amide bonds. The Balaban J connectivity index is 2.39. The van der Waals surface area contributed by atoms with Gasteiger partial charge in [0.1, 0.15) is 11.9 Å². The van der Waals surface area contributed by atoms with Gasteiger partial charge in [0.25, 0.3) is 0 Å². The Morgan fingerprint density at radius 2 is 2.50 bits per heavy atom. The lowest BCUT2D eigenvalue weighted by atomic mass is 10.2. The minimum Gasteiger partial charge on any atom is -0.510 e. The lowest BCUT2D eigenvalue weighted by Crippen LogP contribution is -2.40. The van der Waals surface area contributed by atoms with Gasteiger partial charge in [-0.15, -0.1) is 0 Å². The second-order valence-corrected chi connectivity index (χ2v) is 2.61. The van der Waals surface area contributed by atoms with Crippen molar-refractivity contribution in [2.75, 3.05) is 26.7 Å². The van der Waals surface area contributed by atoms with Crippen LogP contribution in [0.25, 0.3) is 0 Å². The molecule has 3 nitrogen and oxygen atoms in total. The maximum atomic E-state index is 8.95. The number of aliphatic hydroxyl groups is 1. The van der Waals surface area contributed by atoms with Gasteiger partial charge in [0, 0.05) is 13.1 Å². The van der Waals surface area contributed by atoms with Gasteiger partial charge in [-0.2, -0.15) is 0 Å². The summed E-state index contributed by atoms with van der Waals surface area (Å²) in [4.78, 5) is 2.11. The van der Waals surface area contributed by atoms with E-state index in [-0.39, 0.29) is 11.9 Å². The molecule has 0 unspecified atom stereocenters. The van der Waals surface area contributed by atoms with Crippen LogP contribution in [0.1, 0.15) is 0 Å². The number of likely N-dealkylation sites (N-methyl/N-ethyl adjacent to an activating group) is 1. The third kappa shape index (κ3) is 1.72. The molecule has 1 rings (SSSR count). The first-order valence-electron chi connectivity index (χ1n) is 3.38. The normalized spacial score (nSPS) is 28.3. The van der Waals surface area contributed by atoms with Crippen LogP contribution in [0.2, 0.25) is 0 Å². The van der Waals surface area contributed by atoms with Gasteiger partial charge >= 0.3 is 0 Å². The highest BCUT2D eigenvalue weighted by Crippen LogP contribution is 2.07.